The van der Waals surface area contributed by atoms with Crippen molar-refractivity contribution in [2.24, 2.45) is 5.73 Å². The van der Waals surface area contributed by atoms with Gasteiger partial charge in [-0.1, -0.05) is 6.92 Å². The molecule has 3 heteroatoms. The van der Waals surface area contributed by atoms with Crippen molar-refractivity contribution in [2.75, 3.05) is 11.5 Å². The van der Waals surface area contributed by atoms with Gasteiger partial charge in [-0.05, 0) is 31.9 Å². The molecule has 0 aromatic rings. The van der Waals surface area contributed by atoms with Crippen molar-refractivity contribution < 1.29 is 5.11 Å². The Labute approximate surface area is 78.9 Å². The standard InChI is InChI=1S/C9H19NOS/c1-3-8(2,10)9(11)5-4-6-12-7-9/h11H,3-7,10H2,1-2H3. The quantitative estimate of drug-likeness (QED) is 0.689. The molecule has 2 atom stereocenters. The van der Waals surface area contributed by atoms with E-state index in [9.17, 15) is 5.11 Å². The van der Waals surface area contributed by atoms with Crippen molar-refractivity contribution in [3.63, 3.8) is 0 Å². The van der Waals surface area contributed by atoms with Gasteiger partial charge in [-0.2, -0.15) is 11.8 Å². The SMILES string of the molecule is CCC(C)(N)C1(O)CCCSC1. The average molecular weight is 189 g/mol. The second-order valence-electron chi connectivity index (χ2n) is 3.96. The molecule has 1 aliphatic rings. The van der Waals surface area contributed by atoms with Gasteiger partial charge in [-0.3, -0.25) is 0 Å². The second kappa shape index (κ2) is 3.56. The second-order valence-corrected chi connectivity index (χ2v) is 5.06. The zero-order valence-corrected chi connectivity index (χ0v) is 8.78. The van der Waals surface area contributed by atoms with E-state index >= 15 is 0 Å². The van der Waals surface area contributed by atoms with E-state index in [1.807, 2.05) is 25.6 Å². The maximum atomic E-state index is 10.3. The number of aliphatic hydroxyl groups is 1. The summed E-state index contributed by atoms with van der Waals surface area (Å²) in [5.41, 5.74) is 5.01. The van der Waals surface area contributed by atoms with Gasteiger partial charge in [0, 0.05) is 11.3 Å². The van der Waals surface area contributed by atoms with Crippen LogP contribution in [-0.4, -0.2) is 27.8 Å². The van der Waals surface area contributed by atoms with E-state index in [2.05, 4.69) is 0 Å². The first-order valence-electron chi connectivity index (χ1n) is 4.61. The molecule has 72 valence electrons. The van der Waals surface area contributed by atoms with Crippen LogP contribution in [0, 0.1) is 0 Å². The number of thioether (sulfide) groups is 1. The van der Waals surface area contributed by atoms with Crippen LogP contribution in [0.4, 0.5) is 0 Å². The number of hydrogen-bond acceptors (Lipinski definition) is 3. The maximum absolute atomic E-state index is 10.3. The first-order chi connectivity index (χ1) is 5.52. The van der Waals surface area contributed by atoms with E-state index in [-0.39, 0.29) is 0 Å². The van der Waals surface area contributed by atoms with Crippen LogP contribution < -0.4 is 5.73 Å². The lowest BCUT2D eigenvalue weighted by Gasteiger charge is -2.44. The summed E-state index contributed by atoms with van der Waals surface area (Å²) in [4.78, 5) is 0. The van der Waals surface area contributed by atoms with Crippen LogP contribution >= 0.6 is 11.8 Å². The van der Waals surface area contributed by atoms with Crippen molar-refractivity contribution in [3.05, 3.63) is 0 Å². The molecule has 1 heterocycles. The first-order valence-corrected chi connectivity index (χ1v) is 5.76. The van der Waals surface area contributed by atoms with Crippen LogP contribution in [0.15, 0.2) is 0 Å². The van der Waals surface area contributed by atoms with Gasteiger partial charge in [0.2, 0.25) is 0 Å². The minimum atomic E-state index is -0.634. The van der Waals surface area contributed by atoms with E-state index in [1.165, 1.54) is 5.75 Å². The molecule has 0 spiro atoms. The molecule has 1 rings (SSSR count). The predicted molar refractivity (Wildman–Crippen MR) is 54.4 cm³/mol. The van der Waals surface area contributed by atoms with Crippen LogP contribution in [0.5, 0.6) is 0 Å². The molecule has 0 bridgehead atoms. The summed E-state index contributed by atoms with van der Waals surface area (Å²) in [6.45, 7) is 4.00. The molecule has 2 unspecified atom stereocenters. The van der Waals surface area contributed by atoms with Crippen LogP contribution in [0.1, 0.15) is 33.1 Å². The van der Waals surface area contributed by atoms with Crippen LogP contribution in [0.25, 0.3) is 0 Å². The van der Waals surface area contributed by atoms with Crippen LogP contribution in [0.2, 0.25) is 0 Å². The lowest BCUT2D eigenvalue weighted by atomic mass is 9.78. The summed E-state index contributed by atoms with van der Waals surface area (Å²) >= 11 is 1.81. The van der Waals surface area contributed by atoms with Crippen molar-refractivity contribution in [1.29, 1.82) is 0 Å². The van der Waals surface area contributed by atoms with Gasteiger partial charge in [0.1, 0.15) is 0 Å². The van der Waals surface area contributed by atoms with E-state index in [1.54, 1.807) is 0 Å². The summed E-state index contributed by atoms with van der Waals surface area (Å²) in [5, 5.41) is 10.3. The predicted octanol–water partition coefficient (Wildman–Crippen LogP) is 1.37. The molecule has 3 N–H and O–H groups in total. The molecule has 0 aromatic carbocycles. The monoisotopic (exact) mass is 189 g/mol. The van der Waals surface area contributed by atoms with Gasteiger partial charge in [0.15, 0.2) is 0 Å². The van der Waals surface area contributed by atoms with E-state index in [0.29, 0.717) is 0 Å². The topological polar surface area (TPSA) is 46.2 Å². The molecule has 1 aliphatic heterocycles. The molecule has 0 amide bonds. The smallest absolute Gasteiger partial charge is 0.0913 e. The molecule has 0 aromatic heterocycles. The summed E-state index contributed by atoms with van der Waals surface area (Å²) in [6.07, 6.45) is 2.79. The highest BCUT2D eigenvalue weighted by Gasteiger charge is 2.43. The van der Waals surface area contributed by atoms with Gasteiger partial charge >= 0.3 is 0 Å². The zero-order valence-electron chi connectivity index (χ0n) is 7.97. The first kappa shape index (κ1) is 10.4. The Bertz CT molecular complexity index is 153. The third kappa shape index (κ3) is 1.78. The molecule has 1 saturated heterocycles. The lowest BCUT2D eigenvalue weighted by Crippen LogP contribution is -2.60. The van der Waals surface area contributed by atoms with Crippen molar-refractivity contribution >= 4 is 11.8 Å². The Morgan fingerprint density at radius 1 is 1.67 bits per heavy atom. The number of nitrogens with two attached hydrogens (primary N) is 1. The molecule has 0 aliphatic carbocycles. The highest BCUT2D eigenvalue weighted by atomic mass is 32.2. The highest BCUT2D eigenvalue weighted by Crippen LogP contribution is 2.35. The fraction of sp³-hybridized carbons (Fsp3) is 1.00. The Balaban J connectivity index is 2.68. The average Bonchev–Trinajstić information content (AvgIpc) is 2.06. The third-order valence-corrected chi connectivity index (χ3v) is 4.28. The fourth-order valence-electron chi connectivity index (χ4n) is 1.56. The lowest BCUT2D eigenvalue weighted by molar-refractivity contribution is -0.0189. The normalized spacial score (nSPS) is 36.0. The molecule has 12 heavy (non-hydrogen) atoms. The van der Waals surface area contributed by atoms with Crippen LogP contribution in [0.3, 0.4) is 0 Å². The molecule has 0 saturated carbocycles. The van der Waals surface area contributed by atoms with Gasteiger partial charge in [0.25, 0.3) is 0 Å². The zero-order chi connectivity index (χ0) is 9.24. The maximum Gasteiger partial charge on any atom is 0.0913 e. The van der Waals surface area contributed by atoms with Gasteiger partial charge < -0.3 is 10.8 Å². The van der Waals surface area contributed by atoms with E-state index in [0.717, 1.165) is 25.0 Å². The van der Waals surface area contributed by atoms with E-state index in [4.69, 9.17) is 5.73 Å². The van der Waals surface area contributed by atoms with Crippen molar-refractivity contribution in [1.82, 2.24) is 0 Å². The van der Waals surface area contributed by atoms with Gasteiger partial charge in [-0.15, -0.1) is 0 Å². The summed E-state index contributed by atoms with van der Waals surface area (Å²) in [6, 6.07) is 0. The van der Waals surface area contributed by atoms with Crippen molar-refractivity contribution in [3.8, 4) is 0 Å². The van der Waals surface area contributed by atoms with E-state index < -0.39 is 11.1 Å². The fourth-order valence-corrected chi connectivity index (χ4v) is 2.86. The van der Waals surface area contributed by atoms with Gasteiger partial charge in [0.05, 0.1) is 5.60 Å². The summed E-state index contributed by atoms with van der Waals surface area (Å²) in [7, 11) is 0. The largest absolute Gasteiger partial charge is 0.387 e. The number of rotatable bonds is 2. The summed E-state index contributed by atoms with van der Waals surface area (Å²) < 4.78 is 0. The molecule has 0 radical (unpaired) electrons. The van der Waals surface area contributed by atoms with Crippen molar-refractivity contribution in [2.45, 2.75) is 44.2 Å². The summed E-state index contributed by atoms with van der Waals surface area (Å²) in [5.74, 6) is 1.97. The molecular weight excluding hydrogens is 170 g/mol. The Morgan fingerprint density at radius 3 is 2.75 bits per heavy atom. The van der Waals surface area contributed by atoms with Crippen LogP contribution in [-0.2, 0) is 0 Å². The third-order valence-electron chi connectivity index (χ3n) is 3.02. The molecular formula is C9H19NOS. The Kier molecular flexibility index (Phi) is 3.07. The molecule has 2 nitrogen and oxygen atoms in total. The highest BCUT2D eigenvalue weighted by molar-refractivity contribution is 7.99. The Hall–Kier alpha value is 0.270. The minimum Gasteiger partial charge on any atom is -0.387 e. The Morgan fingerprint density at radius 2 is 2.33 bits per heavy atom. The minimum absolute atomic E-state index is 0.416. The molecule has 1 fully saturated rings. The van der Waals surface area contributed by atoms with Gasteiger partial charge in [-0.25, -0.2) is 0 Å². The number of hydrogen-bond donors (Lipinski definition) is 2.